The largest absolute Gasteiger partial charge is 0.383 e. The lowest BCUT2D eigenvalue weighted by Gasteiger charge is -2.15. The summed E-state index contributed by atoms with van der Waals surface area (Å²) in [4.78, 5) is 22.0. The Bertz CT molecular complexity index is 1050. The Balaban J connectivity index is 2.16. The Morgan fingerprint density at radius 1 is 1.17 bits per heavy atom. The van der Waals surface area contributed by atoms with Gasteiger partial charge < -0.3 is 14.8 Å². The van der Waals surface area contributed by atoms with Gasteiger partial charge in [0.2, 0.25) is 5.95 Å². The first-order valence-corrected chi connectivity index (χ1v) is 9.59. The van der Waals surface area contributed by atoms with Gasteiger partial charge in [0.05, 0.1) is 36.7 Å². The van der Waals surface area contributed by atoms with Gasteiger partial charge in [-0.3, -0.25) is 14.2 Å². The first-order valence-electron chi connectivity index (χ1n) is 9.59. The van der Waals surface area contributed by atoms with Crippen molar-refractivity contribution in [3.63, 3.8) is 0 Å². The van der Waals surface area contributed by atoms with Crippen LogP contribution in [0.4, 0.5) is 10.3 Å². The van der Waals surface area contributed by atoms with Crippen molar-refractivity contribution >= 4 is 5.95 Å². The van der Waals surface area contributed by atoms with Crippen LogP contribution in [-0.4, -0.2) is 52.8 Å². The summed E-state index contributed by atoms with van der Waals surface area (Å²) in [5.74, 6) is 0.0632. The summed E-state index contributed by atoms with van der Waals surface area (Å²) in [6, 6.07) is 7.62. The van der Waals surface area contributed by atoms with Crippen LogP contribution in [0.5, 0.6) is 0 Å². The fourth-order valence-electron chi connectivity index (χ4n) is 3.30. The van der Waals surface area contributed by atoms with Crippen molar-refractivity contribution in [3.8, 4) is 22.5 Å². The molecule has 0 saturated heterocycles. The molecule has 9 heteroatoms. The van der Waals surface area contributed by atoms with Crippen molar-refractivity contribution in [2.45, 2.75) is 19.5 Å². The van der Waals surface area contributed by atoms with Crippen LogP contribution in [0.25, 0.3) is 22.5 Å². The predicted molar refractivity (Wildman–Crippen MR) is 113 cm³/mol. The van der Waals surface area contributed by atoms with E-state index in [1.165, 1.54) is 16.8 Å². The Hall–Kier alpha value is -3.04. The fraction of sp³-hybridized carbons (Fsp3) is 0.381. The Morgan fingerprint density at radius 2 is 1.90 bits per heavy atom. The molecule has 1 N–H and O–H groups in total. The zero-order chi connectivity index (χ0) is 21.7. The summed E-state index contributed by atoms with van der Waals surface area (Å²) in [6.07, 6.45) is 1.64. The number of rotatable bonds is 9. The topological polar surface area (TPSA) is 83.2 Å². The van der Waals surface area contributed by atoms with Crippen LogP contribution < -0.4 is 10.9 Å². The summed E-state index contributed by atoms with van der Waals surface area (Å²) >= 11 is 0. The second kappa shape index (κ2) is 9.64. The van der Waals surface area contributed by atoms with Crippen LogP contribution in [-0.2, 0) is 23.1 Å². The zero-order valence-corrected chi connectivity index (χ0v) is 17.6. The third-order valence-electron chi connectivity index (χ3n) is 4.70. The van der Waals surface area contributed by atoms with Gasteiger partial charge in [-0.2, -0.15) is 0 Å². The Kier molecular flexibility index (Phi) is 6.96. The van der Waals surface area contributed by atoms with E-state index in [0.29, 0.717) is 48.2 Å². The number of halogens is 1. The molecule has 0 radical (unpaired) electrons. The van der Waals surface area contributed by atoms with Gasteiger partial charge in [0.15, 0.2) is 0 Å². The van der Waals surface area contributed by atoms with Gasteiger partial charge in [-0.05, 0) is 30.7 Å². The molecule has 0 aliphatic carbocycles. The maximum atomic E-state index is 13.5. The van der Waals surface area contributed by atoms with Crippen LogP contribution in [0.1, 0.15) is 6.92 Å². The van der Waals surface area contributed by atoms with E-state index in [0.717, 1.165) is 0 Å². The molecule has 0 fully saturated rings. The van der Waals surface area contributed by atoms with Crippen molar-refractivity contribution in [1.82, 2.24) is 19.3 Å². The predicted octanol–water partition coefficient (Wildman–Crippen LogP) is 2.54. The average Bonchev–Trinajstić information content (AvgIpc) is 2.98. The summed E-state index contributed by atoms with van der Waals surface area (Å²) in [5.41, 5.74) is 2.06. The molecule has 0 amide bonds. The lowest BCUT2D eigenvalue weighted by Crippen LogP contribution is -2.22. The summed E-state index contributed by atoms with van der Waals surface area (Å²) in [6.45, 7) is 3.32. The number of benzene rings is 1. The lowest BCUT2D eigenvalue weighted by molar-refractivity contribution is 0.179. The van der Waals surface area contributed by atoms with Gasteiger partial charge in [0.25, 0.3) is 5.56 Å². The van der Waals surface area contributed by atoms with Crippen LogP contribution in [0.15, 0.2) is 41.3 Å². The Morgan fingerprint density at radius 3 is 2.57 bits per heavy atom. The summed E-state index contributed by atoms with van der Waals surface area (Å²) in [5, 5.41) is 3.19. The SMILES string of the molecule is COCCn1c(-c2ccnc(NC(C)COC)n2)c(-c2ccc(F)cc2)c(=O)n1C. The second-order valence-electron chi connectivity index (χ2n) is 6.94. The summed E-state index contributed by atoms with van der Waals surface area (Å²) in [7, 11) is 4.92. The molecular formula is C21H26FN5O3. The lowest BCUT2D eigenvalue weighted by atomic mass is 10.0. The van der Waals surface area contributed by atoms with Gasteiger partial charge in [-0.15, -0.1) is 0 Å². The van der Waals surface area contributed by atoms with Gasteiger partial charge >= 0.3 is 0 Å². The smallest absolute Gasteiger partial charge is 0.274 e. The number of hydrogen-bond acceptors (Lipinski definition) is 6. The number of aromatic nitrogens is 4. The minimum atomic E-state index is -0.364. The van der Waals surface area contributed by atoms with E-state index < -0.39 is 0 Å². The van der Waals surface area contributed by atoms with Crippen LogP contribution in [0, 0.1) is 5.82 Å². The monoisotopic (exact) mass is 415 g/mol. The van der Waals surface area contributed by atoms with Gasteiger partial charge in [-0.1, -0.05) is 12.1 Å². The van der Waals surface area contributed by atoms with E-state index in [2.05, 4.69) is 15.3 Å². The Labute approximate surface area is 174 Å². The normalized spacial score (nSPS) is 12.2. The third-order valence-corrected chi connectivity index (χ3v) is 4.70. The molecule has 1 unspecified atom stereocenters. The minimum absolute atomic E-state index is 0.00766. The van der Waals surface area contributed by atoms with Crippen LogP contribution in [0.3, 0.4) is 0 Å². The van der Waals surface area contributed by atoms with E-state index in [4.69, 9.17) is 9.47 Å². The number of ether oxygens (including phenoxy) is 2. The molecule has 3 rings (SSSR count). The van der Waals surface area contributed by atoms with E-state index in [9.17, 15) is 9.18 Å². The highest BCUT2D eigenvalue weighted by molar-refractivity contribution is 5.79. The number of anilines is 1. The molecule has 0 aliphatic rings. The zero-order valence-electron chi connectivity index (χ0n) is 17.6. The molecule has 8 nitrogen and oxygen atoms in total. The second-order valence-corrected chi connectivity index (χ2v) is 6.94. The van der Waals surface area contributed by atoms with Crippen molar-refractivity contribution in [2.75, 3.05) is 32.8 Å². The fourth-order valence-corrected chi connectivity index (χ4v) is 3.30. The van der Waals surface area contributed by atoms with Crippen molar-refractivity contribution in [1.29, 1.82) is 0 Å². The van der Waals surface area contributed by atoms with Gasteiger partial charge in [0, 0.05) is 33.5 Å². The first kappa shape index (κ1) is 21.7. The maximum absolute atomic E-state index is 13.5. The highest BCUT2D eigenvalue weighted by atomic mass is 19.1. The molecule has 160 valence electrons. The first-order chi connectivity index (χ1) is 14.5. The van der Waals surface area contributed by atoms with E-state index in [1.807, 2.05) is 11.6 Å². The molecule has 0 bridgehead atoms. The molecule has 0 spiro atoms. The number of nitrogens with zero attached hydrogens (tertiary/aromatic N) is 4. The number of nitrogens with one attached hydrogen (secondary N) is 1. The quantitative estimate of drug-likeness (QED) is 0.578. The average molecular weight is 415 g/mol. The van der Waals surface area contributed by atoms with Crippen molar-refractivity contribution in [2.24, 2.45) is 7.05 Å². The van der Waals surface area contributed by atoms with E-state index >= 15 is 0 Å². The highest BCUT2D eigenvalue weighted by Crippen LogP contribution is 2.29. The molecule has 1 aromatic carbocycles. The molecule has 2 heterocycles. The standard InChI is InChI=1S/C21H26FN5O3/c1-14(13-30-4)24-21-23-10-9-17(25-21)19-18(15-5-7-16(22)8-6-15)20(28)26(2)27(19)11-12-29-3/h5-10,14H,11-13H2,1-4H3,(H,23,24,25). The number of methoxy groups -OCH3 is 2. The molecule has 30 heavy (non-hydrogen) atoms. The molecule has 2 aromatic heterocycles. The van der Waals surface area contributed by atoms with E-state index in [1.54, 1.807) is 45.7 Å². The van der Waals surface area contributed by atoms with Crippen LogP contribution >= 0.6 is 0 Å². The molecular weight excluding hydrogens is 389 g/mol. The van der Waals surface area contributed by atoms with Crippen LogP contribution in [0.2, 0.25) is 0 Å². The molecule has 0 saturated carbocycles. The summed E-state index contributed by atoms with van der Waals surface area (Å²) < 4.78 is 27.2. The van der Waals surface area contributed by atoms with Crippen molar-refractivity contribution in [3.05, 3.63) is 52.7 Å². The van der Waals surface area contributed by atoms with E-state index in [-0.39, 0.29) is 17.4 Å². The molecule has 1 atom stereocenters. The van der Waals surface area contributed by atoms with Gasteiger partial charge in [0.1, 0.15) is 5.82 Å². The number of hydrogen-bond donors (Lipinski definition) is 1. The molecule has 3 aromatic rings. The third kappa shape index (κ3) is 4.58. The minimum Gasteiger partial charge on any atom is -0.383 e. The molecule has 0 aliphatic heterocycles. The highest BCUT2D eigenvalue weighted by Gasteiger charge is 2.22. The maximum Gasteiger partial charge on any atom is 0.274 e. The van der Waals surface area contributed by atoms with Crippen molar-refractivity contribution < 1.29 is 13.9 Å². The van der Waals surface area contributed by atoms with Gasteiger partial charge in [-0.25, -0.2) is 14.4 Å².